The van der Waals surface area contributed by atoms with Crippen molar-refractivity contribution in [1.82, 2.24) is 4.98 Å². The Hall–Kier alpha value is -2.59. The molecule has 146 valence electrons. The van der Waals surface area contributed by atoms with Crippen molar-refractivity contribution < 1.29 is 27.4 Å². The summed E-state index contributed by atoms with van der Waals surface area (Å²) in [6.45, 7) is -3.38. The van der Waals surface area contributed by atoms with Gasteiger partial charge >= 0.3 is 6.61 Å². The second kappa shape index (κ2) is 9.07. The number of para-hydroxylation sites is 1. The van der Waals surface area contributed by atoms with Crippen molar-refractivity contribution in [3.05, 3.63) is 58.1 Å². The Morgan fingerprint density at radius 1 is 1.21 bits per heavy atom. The highest BCUT2D eigenvalue weighted by Gasteiger charge is 2.15. The van der Waals surface area contributed by atoms with Gasteiger partial charge in [-0.1, -0.05) is 28.1 Å². The SMILES string of the molecule is O=C(COc1ccc(Br)cc1F)Nc1nc(-c2ccccc2OC(F)F)cs1. The van der Waals surface area contributed by atoms with Gasteiger partial charge in [0, 0.05) is 15.4 Å². The minimum Gasteiger partial charge on any atom is -0.481 e. The lowest BCUT2D eigenvalue weighted by Gasteiger charge is -2.08. The molecule has 3 aromatic rings. The van der Waals surface area contributed by atoms with Crippen molar-refractivity contribution in [2.24, 2.45) is 0 Å². The minimum absolute atomic E-state index is 0.0188. The Morgan fingerprint density at radius 3 is 2.75 bits per heavy atom. The fourth-order valence-electron chi connectivity index (χ4n) is 2.22. The van der Waals surface area contributed by atoms with Crippen molar-refractivity contribution in [2.45, 2.75) is 6.61 Å². The van der Waals surface area contributed by atoms with Crippen LogP contribution in [0, 0.1) is 5.82 Å². The van der Waals surface area contributed by atoms with Crippen molar-refractivity contribution in [3.8, 4) is 22.8 Å². The number of hydrogen-bond acceptors (Lipinski definition) is 5. The lowest BCUT2D eigenvalue weighted by molar-refractivity contribution is -0.118. The average Bonchev–Trinajstić information content (AvgIpc) is 3.09. The Labute approximate surface area is 170 Å². The van der Waals surface area contributed by atoms with E-state index in [1.807, 2.05) is 0 Å². The van der Waals surface area contributed by atoms with Gasteiger partial charge in [-0.15, -0.1) is 11.3 Å². The second-order valence-corrected chi connectivity index (χ2v) is 7.10. The molecule has 0 spiro atoms. The third-order valence-electron chi connectivity index (χ3n) is 3.38. The van der Waals surface area contributed by atoms with Crippen LogP contribution in [0.4, 0.5) is 18.3 Å². The molecule has 5 nitrogen and oxygen atoms in total. The fourth-order valence-corrected chi connectivity index (χ4v) is 3.28. The summed E-state index contributed by atoms with van der Waals surface area (Å²) in [6.07, 6.45) is 0. The number of aromatic nitrogens is 1. The molecule has 0 fully saturated rings. The van der Waals surface area contributed by atoms with Gasteiger partial charge in [0.05, 0.1) is 5.69 Å². The van der Waals surface area contributed by atoms with Crippen LogP contribution in [0.3, 0.4) is 0 Å². The van der Waals surface area contributed by atoms with E-state index < -0.39 is 24.9 Å². The largest absolute Gasteiger partial charge is 0.481 e. The first-order valence-electron chi connectivity index (χ1n) is 7.80. The van der Waals surface area contributed by atoms with Gasteiger partial charge in [-0.25, -0.2) is 9.37 Å². The van der Waals surface area contributed by atoms with Gasteiger partial charge in [0.1, 0.15) is 5.75 Å². The first-order chi connectivity index (χ1) is 13.4. The molecule has 2 aromatic carbocycles. The molecule has 1 heterocycles. The molecule has 3 rings (SSSR count). The van der Waals surface area contributed by atoms with Gasteiger partial charge in [0.2, 0.25) is 0 Å². The Balaban J connectivity index is 1.64. The summed E-state index contributed by atoms with van der Waals surface area (Å²) in [5.74, 6) is -1.22. The highest BCUT2D eigenvalue weighted by Crippen LogP contribution is 2.33. The summed E-state index contributed by atoms with van der Waals surface area (Å²) < 4.78 is 48.9. The van der Waals surface area contributed by atoms with E-state index in [1.165, 1.54) is 18.2 Å². The number of alkyl halides is 2. The number of halogens is 4. The Kier molecular flexibility index (Phi) is 6.53. The standard InChI is InChI=1S/C18H12BrF3N2O3S/c19-10-5-6-15(12(20)7-10)26-8-16(25)24-18-23-13(9-28-18)11-3-1-2-4-14(11)27-17(21)22/h1-7,9,17H,8H2,(H,23,24,25). The van der Waals surface area contributed by atoms with Gasteiger partial charge in [0.25, 0.3) is 5.91 Å². The number of benzene rings is 2. The van der Waals surface area contributed by atoms with E-state index in [9.17, 15) is 18.0 Å². The van der Waals surface area contributed by atoms with Crippen LogP contribution in [0.5, 0.6) is 11.5 Å². The van der Waals surface area contributed by atoms with E-state index in [0.29, 0.717) is 15.7 Å². The summed E-state index contributed by atoms with van der Waals surface area (Å²) in [5, 5.41) is 4.35. The smallest absolute Gasteiger partial charge is 0.387 e. The number of carbonyl (C=O) groups excluding carboxylic acids is 1. The van der Waals surface area contributed by atoms with Crippen LogP contribution >= 0.6 is 27.3 Å². The van der Waals surface area contributed by atoms with Gasteiger partial charge in [-0.2, -0.15) is 8.78 Å². The van der Waals surface area contributed by atoms with Gasteiger partial charge in [-0.3, -0.25) is 10.1 Å². The number of amides is 1. The number of anilines is 1. The van der Waals surface area contributed by atoms with E-state index in [2.05, 4.69) is 31.0 Å². The molecule has 0 aliphatic carbocycles. The predicted molar refractivity (Wildman–Crippen MR) is 102 cm³/mol. The lowest BCUT2D eigenvalue weighted by Crippen LogP contribution is -2.20. The van der Waals surface area contributed by atoms with E-state index in [-0.39, 0.29) is 16.6 Å². The van der Waals surface area contributed by atoms with E-state index >= 15 is 0 Å². The molecule has 0 unspecified atom stereocenters. The molecule has 28 heavy (non-hydrogen) atoms. The summed E-state index contributed by atoms with van der Waals surface area (Å²) in [6, 6.07) is 10.4. The normalized spacial score (nSPS) is 10.8. The van der Waals surface area contributed by atoms with E-state index in [0.717, 1.165) is 11.3 Å². The third-order valence-corrected chi connectivity index (χ3v) is 4.63. The van der Waals surface area contributed by atoms with Crippen LogP contribution in [0.1, 0.15) is 0 Å². The molecule has 0 saturated heterocycles. The molecule has 1 aromatic heterocycles. The van der Waals surface area contributed by atoms with Crippen molar-refractivity contribution in [2.75, 3.05) is 11.9 Å². The molecule has 0 radical (unpaired) electrons. The zero-order valence-electron chi connectivity index (χ0n) is 14.0. The number of carbonyl (C=O) groups is 1. The molecule has 1 N–H and O–H groups in total. The number of nitrogens with zero attached hydrogens (tertiary/aromatic N) is 1. The highest BCUT2D eigenvalue weighted by molar-refractivity contribution is 9.10. The lowest BCUT2D eigenvalue weighted by atomic mass is 10.1. The Morgan fingerprint density at radius 2 is 2.00 bits per heavy atom. The van der Waals surface area contributed by atoms with E-state index in [4.69, 9.17) is 4.74 Å². The summed E-state index contributed by atoms with van der Waals surface area (Å²) in [7, 11) is 0. The van der Waals surface area contributed by atoms with Crippen LogP contribution in [-0.2, 0) is 4.79 Å². The number of nitrogens with one attached hydrogen (secondary N) is 1. The van der Waals surface area contributed by atoms with E-state index in [1.54, 1.807) is 29.6 Å². The minimum atomic E-state index is -2.96. The van der Waals surface area contributed by atoms with Gasteiger partial charge in [-0.05, 0) is 30.3 Å². The zero-order chi connectivity index (χ0) is 20.1. The third kappa shape index (κ3) is 5.23. The van der Waals surface area contributed by atoms with Crippen molar-refractivity contribution in [3.63, 3.8) is 0 Å². The summed E-state index contributed by atoms with van der Waals surface area (Å²) >= 11 is 4.23. The van der Waals surface area contributed by atoms with Crippen LogP contribution < -0.4 is 14.8 Å². The maximum absolute atomic E-state index is 13.7. The zero-order valence-corrected chi connectivity index (χ0v) is 16.4. The molecule has 0 saturated carbocycles. The first-order valence-corrected chi connectivity index (χ1v) is 9.47. The topological polar surface area (TPSA) is 60.5 Å². The predicted octanol–water partition coefficient (Wildman–Crippen LogP) is 5.33. The summed E-state index contributed by atoms with van der Waals surface area (Å²) in [5.41, 5.74) is 0.740. The summed E-state index contributed by atoms with van der Waals surface area (Å²) in [4.78, 5) is 16.2. The average molecular weight is 473 g/mol. The van der Waals surface area contributed by atoms with Crippen LogP contribution in [-0.4, -0.2) is 24.1 Å². The molecular weight excluding hydrogens is 461 g/mol. The molecular formula is C18H12BrF3N2O3S. The second-order valence-electron chi connectivity index (χ2n) is 5.32. The molecule has 0 aliphatic rings. The molecule has 10 heteroatoms. The number of rotatable bonds is 7. The molecule has 0 atom stereocenters. The van der Waals surface area contributed by atoms with Gasteiger partial charge < -0.3 is 9.47 Å². The maximum Gasteiger partial charge on any atom is 0.387 e. The Bertz CT molecular complexity index is 984. The quantitative estimate of drug-likeness (QED) is 0.504. The van der Waals surface area contributed by atoms with Crippen LogP contribution in [0.15, 0.2) is 52.3 Å². The fraction of sp³-hybridized carbons (Fsp3) is 0.111. The monoisotopic (exact) mass is 472 g/mol. The number of ether oxygens (including phenoxy) is 2. The molecule has 0 aliphatic heterocycles. The molecule has 0 bridgehead atoms. The maximum atomic E-state index is 13.7. The molecule has 1 amide bonds. The first kappa shape index (κ1) is 20.2. The van der Waals surface area contributed by atoms with Crippen molar-refractivity contribution >= 4 is 38.3 Å². The van der Waals surface area contributed by atoms with Gasteiger partial charge in [0.15, 0.2) is 23.3 Å². The van der Waals surface area contributed by atoms with Crippen molar-refractivity contribution in [1.29, 1.82) is 0 Å². The number of thiazole rings is 1. The number of hydrogen-bond donors (Lipinski definition) is 1. The van der Waals surface area contributed by atoms with Crippen LogP contribution in [0.2, 0.25) is 0 Å². The highest BCUT2D eigenvalue weighted by atomic mass is 79.9. The van der Waals surface area contributed by atoms with Crippen LogP contribution in [0.25, 0.3) is 11.3 Å².